The Kier molecular flexibility index (Phi) is 3.42. The zero-order valence-corrected chi connectivity index (χ0v) is 8.61. The Morgan fingerprint density at radius 1 is 1.64 bits per heavy atom. The van der Waals surface area contributed by atoms with E-state index in [9.17, 15) is 9.59 Å². The van der Waals surface area contributed by atoms with Gasteiger partial charge >= 0.3 is 0 Å². The number of nitrogens with one attached hydrogen (secondary N) is 1. The predicted octanol–water partition coefficient (Wildman–Crippen LogP) is 0.208. The Morgan fingerprint density at radius 2 is 2.36 bits per heavy atom. The second kappa shape index (κ2) is 4.58. The van der Waals surface area contributed by atoms with Gasteiger partial charge < -0.3 is 4.57 Å². The lowest BCUT2D eigenvalue weighted by Gasteiger charge is -2.02. The zero-order valence-electron chi connectivity index (χ0n) is 7.03. The van der Waals surface area contributed by atoms with Crippen molar-refractivity contribution in [2.24, 2.45) is 0 Å². The monoisotopic (exact) mass is 255 g/mol. The number of nitriles is 1. The molecule has 0 saturated carbocycles. The SMILES string of the molecule is N#CNC(=O)Cn1cc(Br)ccc1=O. The maximum absolute atomic E-state index is 11.2. The molecule has 0 spiro atoms. The molecule has 0 saturated heterocycles. The first-order valence-electron chi connectivity index (χ1n) is 3.67. The minimum absolute atomic E-state index is 0.161. The van der Waals surface area contributed by atoms with Crippen LogP contribution >= 0.6 is 15.9 Å². The lowest BCUT2D eigenvalue weighted by Crippen LogP contribution is -2.29. The van der Waals surface area contributed by atoms with E-state index < -0.39 is 5.91 Å². The van der Waals surface area contributed by atoms with Crippen LogP contribution in [0.1, 0.15) is 0 Å². The van der Waals surface area contributed by atoms with Crippen LogP contribution in [0, 0.1) is 11.5 Å². The van der Waals surface area contributed by atoms with Crippen LogP contribution in [0.2, 0.25) is 0 Å². The summed E-state index contributed by atoms with van der Waals surface area (Å²) in [6, 6.07) is 2.92. The summed E-state index contributed by atoms with van der Waals surface area (Å²) >= 11 is 3.17. The van der Waals surface area contributed by atoms with E-state index in [2.05, 4.69) is 15.9 Å². The van der Waals surface area contributed by atoms with E-state index >= 15 is 0 Å². The Hall–Kier alpha value is -1.61. The molecule has 1 N–H and O–H groups in total. The van der Waals surface area contributed by atoms with Gasteiger partial charge in [-0.15, -0.1) is 0 Å². The molecule has 1 aromatic rings. The number of amides is 1. The van der Waals surface area contributed by atoms with Crippen molar-refractivity contribution >= 4 is 21.8 Å². The first-order valence-corrected chi connectivity index (χ1v) is 4.46. The first kappa shape index (κ1) is 10.5. The lowest BCUT2D eigenvalue weighted by atomic mass is 10.4. The third kappa shape index (κ3) is 2.71. The minimum Gasteiger partial charge on any atom is -0.305 e. The minimum atomic E-state index is -0.521. The molecule has 0 fully saturated rings. The number of rotatable bonds is 2. The number of pyridine rings is 1. The summed E-state index contributed by atoms with van der Waals surface area (Å²) in [6.45, 7) is -0.161. The average Bonchev–Trinajstić information content (AvgIpc) is 2.12. The number of hydrogen-bond acceptors (Lipinski definition) is 3. The van der Waals surface area contributed by atoms with Gasteiger partial charge in [-0.1, -0.05) is 0 Å². The summed E-state index contributed by atoms with van der Waals surface area (Å²) in [5.74, 6) is -0.521. The van der Waals surface area contributed by atoms with Gasteiger partial charge in [0.2, 0.25) is 0 Å². The van der Waals surface area contributed by atoms with E-state index in [1.165, 1.54) is 23.0 Å². The topological polar surface area (TPSA) is 74.9 Å². The van der Waals surface area contributed by atoms with Crippen LogP contribution in [-0.4, -0.2) is 10.5 Å². The molecule has 14 heavy (non-hydrogen) atoms. The van der Waals surface area contributed by atoms with E-state index in [-0.39, 0.29) is 12.1 Å². The van der Waals surface area contributed by atoms with Gasteiger partial charge in [0, 0.05) is 16.7 Å². The number of hydrogen-bond donors (Lipinski definition) is 1. The second-order valence-corrected chi connectivity index (χ2v) is 3.39. The molecule has 0 bridgehead atoms. The number of carbonyl (C=O) groups excluding carboxylic acids is 1. The van der Waals surface area contributed by atoms with E-state index in [1.54, 1.807) is 6.07 Å². The maximum atomic E-state index is 11.2. The number of nitrogens with zero attached hydrogens (tertiary/aromatic N) is 2. The summed E-state index contributed by atoms with van der Waals surface area (Å²) < 4.78 is 1.90. The normalized spacial score (nSPS) is 9.14. The first-order chi connectivity index (χ1) is 6.63. The molecule has 72 valence electrons. The van der Waals surface area contributed by atoms with Crippen LogP contribution in [0.5, 0.6) is 0 Å². The van der Waals surface area contributed by atoms with Crippen LogP contribution in [-0.2, 0) is 11.3 Å². The summed E-state index contributed by atoms with van der Waals surface area (Å²) in [6.07, 6.45) is 2.98. The molecular weight excluding hydrogens is 250 g/mol. The molecule has 0 aliphatic carbocycles. The highest BCUT2D eigenvalue weighted by Crippen LogP contribution is 2.04. The van der Waals surface area contributed by atoms with Crippen molar-refractivity contribution in [3.8, 4) is 6.19 Å². The second-order valence-electron chi connectivity index (χ2n) is 2.47. The predicted molar refractivity (Wildman–Crippen MR) is 52.2 cm³/mol. The van der Waals surface area contributed by atoms with Crippen molar-refractivity contribution < 1.29 is 4.79 Å². The summed E-state index contributed by atoms with van der Waals surface area (Å²) in [5, 5.41) is 10.1. The van der Waals surface area contributed by atoms with Crippen molar-refractivity contribution in [3.05, 3.63) is 33.2 Å². The van der Waals surface area contributed by atoms with E-state index in [4.69, 9.17) is 5.26 Å². The molecule has 6 heteroatoms. The average molecular weight is 256 g/mol. The zero-order chi connectivity index (χ0) is 10.6. The van der Waals surface area contributed by atoms with Gasteiger partial charge in [-0.3, -0.25) is 14.9 Å². The quantitative estimate of drug-likeness (QED) is 0.607. The third-order valence-corrected chi connectivity index (χ3v) is 1.93. The fourth-order valence-corrected chi connectivity index (χ4v) is 1.26. The van der Waals surface area contributed by atoms with Gasteiger partial charge in [-0.2, -0.15) is 5.26 Å². The molecule has 0 atom stereocenters. The van der Waals surface area contributed by atoms with Gasteiger partial charge in [0.15, 0.2) is 6.19 Å². The number of aromatic nitrogens is 1. The fourth-order valence-electron chi connectivity index (χ4n) is 0.882. The highest BCUT2D eigenvalue weighted by molar-refractivity contribution is 9.10. The van der Waals surface area contributed by atoms with Gasteiger partial charge in [0.1, 0.15) is 6.54 Å². The summed E-state index contributed by atoms with van der Waals surface area (Å²) in [4.78, 5) is 22.2. The van der Waals surface area contributed by atoms with Gasteiger partial charge in [0.25, 0.3) is 11.5 Å². The van der Waals surface area contributed by atoms with Gasteiger partial charge in [0.05, 0.1) is 0 Å². The molecule has 0 unspecified atom stereocenters. The van der Waals surface area contributed by atoms with Crippen molar-refractivity contribution in [1.29, 1.82) is 5.26 Å². The lowest BCUT2D eigenvalue weighted by molar-refractivity contribution is -0.120. The van der Waals surface area contributed by atoms with Crippen LogP contribution in [0.25, 0.3) is 0 Å². The van der Waals surface area contributed by atoms with Gasteiger partial charge in [-0.25, -0.2) is 0 Å². The van der Waals surface area contributed by atoms with Crippen LogP contribution in [0.3, 0.4) is 0 Å². The summed E-state index contributed by atoms with van der Waals surface area (Å²) in [7, 11) is 0. The number of carbonyl (C=O) groups is 1. The number of halogens is 1. The highest BCUT2D eigenvalue weighted by atomic mass is 79.9. The van der Waals surface area contributed by atoms with E-state index in [0.29, 0.717) is 4.47 Å². The summed E-state index contributed by atoms with van der Waals surface area (Å²) in [5.41, 5.74) is -0.290. The molecule has 0 aliphatic rings. The van der Waals surface area contributed by atoms with Gasteiger partial charge in [-0.05, 0) is 22.0 Å². The van der Waals surface area contributed by atoms with Crippen LogP contribution in [0.4, 0.5) is 0 Å². The molecule has 1 heterocycles. The molecule has 0 aromatic carbocycles. The van der Waals surface area contributed by atoms with E-state index in [0.717, 1.165) is 0 Å². The molecule has 1 amide bonds. The fraction of sp³-hybridized carbons (Fsp3) is 0.125. The standard InChI is InChI=1S/C8H6BrN3O2/c9-6-1-2-8(14)12(3-6)4-7(13)11-5-10/h1-3H,4H2,(H,11,13). The maximum Gasteiger partial charge on any atom is 0.253 e. The molecule has 1 aromatic heterocycles. The Balaban J connectivity index is 2.87. The van der Waals surface area contributed by atoms with Crippen LogP contribution < -0.4 is 10.9 Å². The van der Waals surface area contributed by atoms with Crippen molar-refractivity contribution in [1.82, 2.24) is 9.88 Å². The van der Waals surface area contributed by atoms with Crippen molar-refractivity contribution in [2.75, 3.05) is 0 Å². The highest BCUT2D eigenvalue weighted by Gasteiger charge is 2.03. The smallest absolute Gasteiger partial charge is 0.253 e. The van der Waals surface area contributed by atoms with Crippen molar-refractivity contribution in [3.63, 3.8) is 0 Å². The molecular formula is C8H6BrN3O2. The van der Waals surface area contributed by atoms with E-state index in [1.807, 2.05) is 5.32 Å². The molecule has 5 nitrogen and oxygen atoms in total. The third-order valence-electron chi connectivity index (χ3n) is 1.46. The Bertz CT molecular complexity index is 447. The molecule has 1 rings (SSSR count). The molecule has 0 radical (unpaired) electrons. The Morgan fingerprint density at radius 3 is 3.00 bits per heavy atom. The van der Waals surface area contributed by atoms with Crippen molar-refractivity contribution in [2.45, 2.75) is 6.54 Å². The largest absolute Gasteiger partial charge is 0.305 e. The molecule has 0 aliphatic heterocycles. The Labute approximate surface area is 88.1 Å². The van der Waals surface area contributed by atoms with Crippen LogP contribution in [0.15, 0.2) is 27.6 Å².